The first kappa shape index (κ1) is 13.7. The maximum Gasteiger partial charge on any atom is 0.167 e. The second-order valence-electron chi connectivity index (χ2n) is 5.31. The van der Waals surface area contributed by atoms with E-state index in [2.05, 4.69) is 10.2 Å². The van der Waals surface area contributed by atoms with Crippen LogP contribution in [0.15, 0.2) is 18.2 Å². The summed E-state index contributed by atoms with van der Waals surface area (Å²) in [4.78, 5) is 12.3. The van der Waals surface area contributed by atoms with Gasteiger partial charge in [-0.3, -0.25) is 9.89 Å². The molecule has 1 heterocycles. The predicted molar refractivity (Wildman–Crippen MR) is 78.3 cm³/mol. The van der Waals surface area contributed by atoms with Crippen LogP contribution in [0, 0.1) is 6.92 Å². The summed E-state index contributed by atoms with van der Waals surface area (Å²) < 4.78 is 10.7. The van der Waals surface area contributed by atoms with Crippen LogP contribution >= 0.6 is 0 Å². The van der Waals surface area contributed by atoms with E-state index in [1.807, 2.05) is 25.1 Å². The highest BCUT2D eigenvalue weighted by Crippen LogP contribution is 2.38. The Kier molecular flexibility index (Phi) is 3.41. The number of carbonyl (C=O) groups is 1. The van der Waals surface area contributed by atoms with Crippen LogP contribution in [-0.2, 0) is 6.42 Å². The quantitative estimate of drug-likeness (QED) is 0.942. The van der Waals surface area contributed by atoms with Crippen LogP contribution < -0.4 is 9.47 Å². The molecule has 2 aromatic rings. The van der Waals surface area contributed by atoms with Crippen LogP contribution in [0.25, 0.3) is 0 Å². The fraction of sp³-hybridized carbons (Fsp3) is 0.375. The molecule has 5 heteroatoms. The van der Waals surface area contributed by atoms with E-state index in [9.17, 15) is 4.79 Å². The van der Waals surface area contributed by atoms with Crippen LogP contribution in [0.5, 0.6) is 11.5 Å². The molecular formula is C16H18N2O3. The third-order valence-electron chi connectivity index (χ3n) is 4.05. The van der Waals surface area contributed by atoms with Gasteiger partial charge in [-0.2, -0.15) is 5.10 Å². The van der Waals surface area contributed by atoms with Gasteiger partial charge in [0.1, 0.15) is 11.5 Å². The van der Waals surface area contributed by atoms with E-state index in [-0.39, 0.29) is 11.7 Å². The lowest BCUT2D eigenvalue weighted by molar-refractivity contribution is 0.0963. The number of H-pyrrole nitrogens is 1. The van der Waals surface area contributed by atoms with Crippen molar-refractivity contribution in [2.75, 3.05) is 14.2 Å². The number of hydrogen-bond donors (Lipinski definition) is 1. The van der Waals surface area contributed by atoms with Crippen molar-refractivity contribution in [1.29, 1.82) is 0 Å². The molecule has 0 bridgehead atoms. The van der Waals surface area contributed by atoms with E-state index < -0.39 is 0 Å². The third-order valence-corrected chi connectivity index (χ3v) is 4.05. The monoisotopic (exact) mass is 286 g/mol. The lowest BCUT2D eigenvalue weighted by Crippen LogP contribution is -2.19. The highest BCUT2D eigenvalue weighted by Gasteiger charge is 2.31. The summed E-state index contributed by atoms with van der Waals surface area (Å²) in [7, 11) is 3.25. The molecule has 1 aliphatic carbocycles. The molecule has 3 rings (SSSR count). The summed E-state index contributed by atoms with van der Waals surface area (Å²) in [6, 6.07) is 5.72. The zero-order chi connectivity index (χ0) is 15.0. The summed E-state index contributed by atoms with van der Waals surface area (Å²) in [5.41, 5.74) is 3.50. The van der Waals surface area contributed by atoms with Crippen LogP contribution in [0.4, 0.5) is 0 Å². The first-order valence-electron chi connectivity index (χ1n) is 6.93. The smallest absolute Gasteiger partial charge is 0.167 e. The van der Waals surface area contributed by atoms with Crippen molar-refractivity contribution in [3.05, 3.63) is 40.7 Å². The van der Waals surface area contributed by atoms with Crippen molar-refractivity contribution in [2.45, 2.75) is 25.7 Å². The minimum atomic E-state index is 0.0913. The maximum atomic E-state index is 12.3. The summed E-state index contributed by atoms with van der Waals surface area (Å²) in [6.45, 7) is 1.89. The molecule has 1 aliphatic rings. The highest BCUT2D eigenvalue weighted by molar-refractivity contribution is 5.99. The van der Waals surface area contributed by atoms with Gasteiger partial charge in [-0.05, 0) is 25.0 Å². The number of fused-ring (bicyclic) bond motifs is 1. The largest absolute Gasteiger partial charge is 0.497 e. The normalized spacial score (nSPS) is 17.5. The summed E-state index contributed by atoms with van der Waals surface area (Å²) in [6.07, 6.45) is 1.23. The van der Waals surface area contributed by atoms with E-state index in [1.165, 1.54) is 0 Å². The van der Waals surface area contributed by atoms with Gasteiger partial charge in [0.2, 0.25) is 0 Å². The van der Waals surface area contributed by atoms with Gasteiger partial charge in [0, 0.05) is 24.1 Å². The molecule has 0 spiro atoms. The molecule has 0 amide bonds. The fourth-order valence-corrected chi connectivity index (χ4v) is 3.00. The van der Waals surface area contributed by atoms with Gasteiger partial charge in [0.05, 0.1) is 25.5 Å². The Labute approximate surface area is 123 Å². The molecule has 0 saturated carbocycles. The van der Waals surface area contributed by atoms with Crippen LogP contribution in [0.3, 0.4) is 0 Å². The van der Waals surface area contributed by atoms with Crippen LogP contribution in [0.1, 0.15) is 39.6 Å². The number of rotatable bonds is 3. The van der Waals surface area contributed by atoms with Crippen LogP contribution in [0.2, 0.25) is 0 Å². The second-order valence-corrected chi connectivity index (χ2v) is 5.31. The van der Waals surface area contributed by atoms with Crippen molar-refractivity contribution < 1.29 is 14.3 Å². The molecule has 21 heavy (non-hydrogen) atoms. The summed E-state index contributed by atoms with van der Waals surface area (Å²) in [5.74, 6) is 1.73. The number of benzene rings is 1. The molecular weight excluding hydrogens is 268 g/mol. The minimum absolute atomic E-state index is 0.0913. The number of aromatic nitrogens is 2. The SMILES string of the molecule is COc1ccc([C@H]2CC(=O)c3c(n[nH]c3C)C2)c(OC)c1. The molecule has 1 aromatic carbocycles. The molecule has 0 saturated heterocycles. The van der Waals surface area contributed by atoms with Gasteiger partial charge in [-0.1, -0.05) is 6.07 Å². The Balaban J connectivity index is 1.97. The molecule has 1 aromatic heterocycles. The molecule has 1 N–H and O–H groups in total. The third kappa shape index (κ3) is 2.28. The number of hydrogen-bond acceptors (Lipinski definition) is 4. The number of aromatic amines is 1. The maximum absolute atomic E-state index is 12.3. The van der Waals surface area contributed by atoms with Gasteiger partial charge >= 0.3 is 0 Å². The predicted octanol–water partition coefficient (Wildman–Crippen LogP) is 2.65. The standard InChI is InChI=1S/C16H18N2O3/c1-9-16-13(18-17-9)6-10(7-14(16)19)12-5-4-11(20-2)8-15(12)21-3/h4-5,8,10H,6-7H2,1-3H3,(H,17,18)/t10-/m1/s1. The number of methoxy groups -OCH3 is 2. The number of carbonyl (C=O) groups excluding carboxylic acids is 1. The Bertz CT molecular complexity index is 691. The molecule has 0 radical (unpaired) electrons. The Hall–Kier alpha value is -2.30. The minimum Gasteiger partial charge on any atom is -0.497 e. The number of nitrogens with one attached hydrogen (secondary N) is 1. The van der Waals surface area contributed by atoms with E-state index >= 15 is 0 Å². The number of ether oxygens (including phenoxy) is 2. The first-order chi connectivity index (χ1) is 10.1. The molecule has 0 aliphatic heterocycles. The summed E-state index contributed by atoms with van der Waals surface area (Å²) in [5, 5.41) is 7.17. The molecule has 5 nitrogen and oxygen atoms in total. The zero-order valence-corrected chi connectivity index (χ0v) is 12.4. The zero-order valence-electron chi connectivity index (χ0n) is 12.4. The van der Waals surface area contributed by atoms with Gasteiger partial charge in [0.25, 0.3) is 0 Å². The lowest BCUT2D eigenvalue weighted by atomic mass is 9.81. The van der Waals surface area contributed by atoms with E-state index in [0.29, 0.717) is 6.42 Å². The second kappa shape index (κ2) is 5.24. The Morgan fingerprint density at radius 2 is 2.05 bits per heavy atom. The fourth-order valence-electron chi connectivity index (χ4n) is 3.00. The number of nitrogens with zero attached hydrogens (tertiary/aromatic N) is 1. The Morgan fingerprint density at radius 1 is 1.24 bits per heavy atom. The number of Topliss-reactive ketones (excluding diaryl/α,β-unsaturated/α-hetero) is 1. The van der Waals surface area contributed by atoms with Crippen molar-refractivity contribution in [3.8, 4) is 11.5 Å². The van der Waals surface area contributed by atoms with Crippen molar-refractivity contribution in [3.63, 3.8) is 0 Å². The summed E-state index contributed by atoms with van der Waals surface area (Å²) >= 11 is 0. The Morgan fingerprint density at radius 3 is 2.76 bits per heavy atom. The number of ketones is 1. The highest BCUT2D eigenvalue weighted by atomic mass is 16.5. The van der Waals surface area contributed by atoms with E-state index in [0.717, 1.165) is 40.4 Å². The van der Waals surface area contributed by atoms with Gasteiger partial charge < -0.3 is 9.47 Å². The van der Waals surface area contributed by atoms with Crippen LogP contribution in [-0.4, -0.2) is 30.2 Å². The molecule has 0 unspecified atom stereocenters. The van der Waals surface area contributed by atoms with Crippen molar-refractivity contribution >= 4 is 5.78 Å². The molecule has 1 atom stereocenters. The van der Waals surface area contributed by atoms with Gasteiger partial charge in [0.15, 0.2) is 5.78 Å². The average Bonchev–Trinajstić information content (AvgIpc) is 2.88. The lowest BCUT2D eigenvalue weighted by Gasteiger charge is -2.23. The first-order valence-corrected chi connectivity index (χ1v) is 6.93. The topological polar surface area (TPSA) is 64.2 Å². The van der Waals surface area contributed by atoms with Gasteiger partial charge in [-0.15, -0.1) is 0 Å². The molecule has 0 fully saturated rings. The van der Waals surface area contributed by atoms with Gasteiger partial charge in [-0.25, -0.2) is 0 Å². The average molecular weight is 286 g/mol. The number of aryl methyl sites for hydroxylation is 1. The van der Waals surface area contributed by atoms with Crippen molar-refractivity contribution in [1.82, 2.24) is 10.2 Å². The van der Waals surface area contributed by atoms with E-state index in [1.54, 1.807) is 14.2 Å². The molecule has 110 valence electrons. The van der Waals surface area contributed by atoms with Crippen molar-refractivity contribution in [2.24, 2.45) is 0 Å². The van der Waals surface area contributed by atoms with E-state index in [4.69, 9.17) is 9.47 Å².